The number of pyridine rings is 1. The van der Waals surface area contributed by atoms with E-state index in [1.807, 2.05) is 33.8 Å². The summed E-state index contributed by atoms with van der Waals surface area (Å²) >= 11 is 0. The average Bonchev–Trinajstić information content (AvgIpc) is 2.95. The van der Waals surface area contributed by atoms with Gasteiger partial charge in [0, 0.05) is 50.5 Å². The van der Waals surface area contributed by atoms with Crippen LogP contribution in [0.2, 0.25) is 0 Å². The molecule has 2 aromatic rings. The van der Waals surface area contributed by atoms with Gasteiger partial charge in [0.25, 0.3) is 0 Å². The highest BCUT2D eigenvalue weighted by Gasteiger charge is 2.39. The Balaban J connectivity index is 1.33. The number of ether oxygens (including phenoxy) is 3. The second-order valence-electron chi connectivity index (χ2n) is 12.8. The van der Waals surface area contributed by atoms with E-state index in [-0.39, 0.29) is 42.5 Å². The van der Waals surface area contributed by atoms with Crippen molar-refractivity contribution < 1.29 is 28.2 Å². The van der Waals surface area contributed by atoms with Gasteiger partial charge in [0.05, 0.1) is 26.3 Å². The lowest BCUT2D eigenvalue weighted by Crippen LogP contribution is -2.64. The summed E-state index contributed by atoms with van der Waals surface area (Å²) in [7, 11) is 0. The summed E-state index contributed by atoms with van der Waals surface area (Å²) in [6.07, 6.45) is 1.98. The molecule has 0 aliphatic carbocycles. The van der Waals surface area contributed by atoms with Crippen LogP contribution in [0.25, 0.3) is 0 Å². The summed E-state index contributed by atoms with van der Waals surface area (Å²) in [6, 6.07) is 8.40. The molecule has 43 heavy (non-hydrogen) atoms. The number of aromatic nitrogens is 1. The van der Waals surface area contributed by atoms with Gasteiger partial charge in [0.15, 0.2) is 0 Å². The number of rotatable bonds is 6. The fourth-order valence-electron chi connectivity index (χ4n) is 5.95. The van der Waals surface area contributed by atoms with Gasteiger partial charge < -0.3 is 24.0 Å². The van der Waals surface area contributed by atoms with E-state index in [2.05, 4.69) is 21.7 Å². The lowest BCUT2D eigenvalue weighted by molar-refractivity contribution is -0.122. The van der Waals surface area contributed by atoms with Gasteiger partial charge in [-0.05, 0) is 70.4 Å². The number of morpholine rings is 1. The van der Waals surface area contributed by atoms with Crippen LogP contribution >= 0.6 is 0 Å². The number of carbonyl (C=O) groups excluding carboxylic acids is 2. The Hall–Kier alpha value is -3.28. The normalized spacial score (nSPS) is 23.4. The Labute approximate surface area is 253 Å². The molecule has 2 amide bonds. The maximum absolute atomic E-state index is 14.0. The second-order valence-corrected chi connectivity index (χ2v) is 12.8. The van der Waals surface area contributed by atoms with Crippen molar-refractivity contribution in [1.82, 2.24) is 19.7 Å². The Morgan fingerprint density at radius 3 is 2.51 bits per heavy atom. The molecule has 1 aromatic heterocycles. The van der Waals surface area contributed by atoms with Gasteiger partial charge >= 0.3 is 6.09 Å². The summed E-state index contributed by atoms with van der Waals surface area (Å²) in [5.74, 6) is 0.118. The van der Waals surface area contributed by atoms with Crippen LogP contribution in [0.15, 0.2) is 36.5 Å². The standard InChI is InChI=1S/C32H44FN5O5/c1-22-17-36(27(18-35-10-12-41-21-23(35)2)19-38(22)31(40)43-32(3,4)5)20-29(39)37-11-13-42-30-28(37)15-25(16-34-30)14-24-6-8-26(33)9-7-24/h6-9,15-16,22-23,27H,10-14,17-21H2,1-5H3/t22-,23-,27+/m1/s1. The molecule has 0 bridgehead atoms. The van der Waals surface area contributed by atoms with Gasteiger partial charge in [-0.3, -0.25) is 14.6 Å². The van der Waals surface area contributed by atoms with Crippen molar-refractivity contribution in [2.24, 2.45) is 0 Å². The first-order chi connectivity index (χ1) is 20.5. The highest BCUT2D eigenvalue weighted by molar-refractivity contribution is 5.96. The van der Waals surface area contributed by atoms with Gasteiger partial charge in [-0.2, -0.15) is 0 Å². The van der Waals surface area contributed by atoms with Gasteiger partial charge in [-0.1, -0.05) is 12.1 Å². The minimum atomic E-state index is -0.592. The van der Waals surface area contributed by atoms with Crippen molar-refractivity contribution in [3.05, 3.63) is 53.5 Å². The molecule has 10 nitrogen and oxygen atoms in total. The number of halogens is 1. The number of anilines is 1. The molecule has 0 unspecified atom stereocenters. The maximum atomic E-state index is 14.0. The molecule has 3 aliphatic heterocycles. The predicted molar refractivity (Wildman–Crippen MR) is 161 cm³/mol. The molecule has 5 rings (SSSR count). The number of benzene rings is 1. The highest BCUT2D eigenvalue weighted by Crippen LogP contribution is 2.31. The highest BCUT2D eigenvalue weighted by atomic mass is 19.1. The number of piperazine rings is 1. The quantitative estimate of drug-likeness (QED) is 0.500. The minimum absolute atomic E-state index is 0.0387. The maximum Gasteiger partial charge on any atom is 0.410 e. The van der Waals surface area contributed by atoms with Crippen LogP contribution in [0.3, 0.4) is 0 Å². The van der Waals surface area contributed by atoms with Crippen molar-refractivity contribution in [1.29, 1.82) is 0 Å². The molecule has 234 valence electrons. The third kappa shape index (κ3) is 7.82. The van der Waals surface area contributed by atoms with E-state index in [0.29, 0.717) is 64.0 Å². The molecule has 0 spiro atoms. The third-order valence-electron chi connectivity index (χ3n) is 8.23. The summed E-state index contributed by atoms with van der Waals surface area (Å²) in [5, 5.41) is 0. The molecule has 0 saturated carbocycles. The Bertz CT molecular complexity index is 1290. The monoisotopic (exact) mass is 597 g/mol. The van der Waals surface area contributed by atoms with Crippen LogP contribution in [0.1, 0.15) is 45.7 Å². The molecule has 2 saturated heterocycles. The summed E-state index contributed by atoms with van der Waals surface area (Å²) in [5.41, 5.74) is 1.92. The zero-order chi connectivity index (χ0) is 30.7. The van der Waals surface area contributed by atoms with Crippen LogP contribution < -0.4 is 9.64 Å². The number of hydrogen-bond acceptors (Lipinski definition) is 8. The van der Waals surface area contributed by atoms with E-state index < -0.39 is 5.60 Å². The number of hydrogen-bond donors (Lipinski definition) is 0. The van der Waals surface area contributed by atoms with E-state index in [1.54, 1.807) is 28.1 Å². The smallest absolute Gasteiger partial charge is 0.410 e. The summed E-state index contributed by atoms with van der Waals surface area (Å²) in [4.78, 5) is 39.8. The van der Waals surface area contributed by atoms with E-state index >= 15 is 0 Å². The molecular formula is C32H44FN5O5. The lowest BCUT2D eigenvalue weighted by atomic mass is 10.0. The van der Waals surface area contributed by atoms with Crippen LogP contribution in [-0.4, -0.2) is 114 Å². The molecule has 4 heterocycles. The first-order valence-electron chi connectivity index (χ1n) is 15.2. The molecule has 1 aromatic carbocycles. The van der Waals surface area contributed by atoms with Crippen molar-refractivity contribution in [2.45, 2.75) is 64.8 Å². The lowest BCUT2D eigenvalue weighted by Gasteiger charge is -2.47. The van der Waals surface area contributed by atoms with Crippen molar-refractivity contribution in [3.8, 4) is 5.88 Å². The van der Waals surface area contributed by atoms with Crippen molar-refractivity contribution >= 4 is 17.7 Å². The van der Waals surface area contributed by atoms with Gasteiger partial charge in [-0.25, -0.2) is 14.2 Å². The van der Waals surface area contributed by atoms with Gasteiger partial charge in [0.1, 0.15) is 23.7 Å². The fourth-order valence-corrected chi connectivity index (χ4v) is 5.95. The summed E-state index contributed by atoms with van der Waals surface area (Å²) < 4.78 is 30.6. The van der Waals surface area contributed by atoms with Crippen LogP contribution in [0, 0.1) is 5.82 Å². The number of nitrogens with zero attached hydrogens (tertiary/aromatic N) is 5. The van der Waals surface area contributed by atoms with Crippen LogP contribution in [0.4, 0.5) is 14.9 Å². The molecule has 3 aliphatic rings. The van der Waals surface area contributed by atoms with Crippen molar-refractivity contribution in [2.75, 3.05) is 64.0 Å². The van der Waals surface area contributed by atoms with Crippen LogP contribution in [0.5, 0.6) is 5.88 Å². The minimum Gasteiger partial charge on any atom is -0.474 e. The largest absolute Gasteiger partial charge is 0.474 e. The number of carbonyl (C=O) groups is 2. The Morgan fingerprint density at radius 2 is 1.79 bits per heavy atom. The molecular weight excluding hydrogens is 553 g/mol. The predicted octanol–water partition coefficient (Wildman–Crippen LogP) is 3.57. The van der Waals surface area contributed by atoms with Gasteiger partial charge in [0.2, 0.25) is 11.8 Å². The first kappa shape index (κ1) is 31.2. The fraction of sp³-hybridized carbons (Fsp3) is 0.594. The molecule has 0 N–H and O–H groups in total. The molecule has 2 fully saturated rings. The zero-order valence-electron chi connectivity index (χ0n) is 25.9. The molecule has 11 heteroatoms. The zero-order valence-corrected chi connectivity index (χ0v) is 25.9. The summed E-state index contributed by atoms with van der Waals surface area (Å²) in [6.45, 7) is 14.6. The van der Waals surface area contributed by atoms with E-state index in [4.69, 9.17) is 14.2 Å². The first-order valence-corrected chi connectivity index (χ1v) is 15.2. The Morgan fingerprint density at radius 1 is 1.02 bits per heavy atom. The number of fused-ring (bicyclic) bond motifs is 1. The Kier molecular flexibility index (Phi) is 9.53. The van der Waals surface area contributed by atoms with Crippen molar-refractivity contribution in [3.63, 3.8) is 0 Å². The van der Waals surface area contributed by atoms with Crippen LogP contribution in [-0.2, 0) is 20.7 Å². The SMILES string of the molecule is C[C@@H]1COCCN1C[C@H]1CN(C(=O)OC(C)(C)C)[C@H](C)CN1CC(=O)N1CCOc2ncc(Cc3ccc(F)cc3)cc21. The van der Waals surface area contributed by atoms with E-state index in [1.165, 1.54) is 12.1 Å². The second kappa shape index (κ2) is 13.2. The molecule has 3 atom stereocenters. The third-order valence-corrected chi connectivity index (χ3v) is 8.23. The average molecular weight is 598 g/mol. The number of amides is 2. The van der Waals surface area contributed by atoms with Gasteiger partial charge in [-0.15, -0.1) is 0 Å². The molecule has 0 radical (unpaired) electrons. The van der Waals surface area contributed by atoms with E-state index in [0.717, 1.165) is 17.7 Å². The van der Waals surface area contributed by atoms with E-state index in [9.17, 15) is 14.0 Å². The topological polar surface area (TPSA) is 87.7 Å².